The Morgan fingerprint density at radius 3 is 2.69 bits per heavy atom. The van der Waals surface area contributed by atoms with E-state index >= 15 is 0 Å². The Morgan fingerprint density at radius 1 is 1.31 bits per heavy atom. The highest BCUT2D eigenvalue weighted by Crippen LogP contribution is 2.23. The minimum atomic E-state index is -0.391. The number of amides is 1. The number of hydrogen-bond acceptors (Lipinski definition) is 4. The molecule has 2 unspecified atom stereocenters. The predicted octanol–water partition coefficient (Wildman–Crippen LogP) is 2.48. The van der Waals surface area contributed by atoms with Crippen LogP contribution in [-0.2, 0) is 0 Å². The maximum absolute atomic E-state index is 12.8. The van der Waals surface area contributed by atoms with Crippen molar-refractivity contribution in [2.75, 3.05) is 13.1 Å². The van der Waals surface area contributed by atoms with Gasteiger partial charge >= 0.3 is 0 Å². The topological polar surface area (TPSA) is 92.1 Å². The van der Waals surface area contributed by atoms with E-state index in [1.807, 2.05) is 18.2 Å². The highest BCUT2D eigenvalue weighted by molar-refractivity contribution is 5.94. The number of likely N-dealkylation sites (tertiary alicyclic amines) is 1. The average Bonchev–Trinajstić information content (AvgIpc) is 2.61. The Labute approximate surface area is 165 Å². The minimum absolute atomic E-state index is 0. The number of nitrogens with one attached hydrogen (secondary N) is 1. The number of aromatic amines is 1. The van der Waals surface area contributed by atoms with E-state index in [-0.39, 0.29) is 42.3 Å². The molecule has 8 heteroatoms. The molecular weight excluding hydrogens is 375 g/mol. The summed E-state index contributed by atoms with van der Waals surface area (Å²) < 4.78 is 0. The Balaban J connectivity index is 0.00000169. The van der Waals surface area contributed by atoms with Gasteiger partial charge in [-0.05, 0) is 43.0 Å². The summed E-state index contributed by atoms with van der Waals surface area (Å²) in [7, 11) is 0. The van der Waals surface area contributed by atoms with Crippen molar-refractivity contribution in [3.63, 3.8) is 0 Å². The SMILES string of the molecule is CC1CCN(C(=O)c2ccc(-c3ccccn3)[nH]c2=O)C(CN)C1.Cl.Cl. The highest BCUT2D eigenvalue weighted by Gasteiger charge is 2.30. The van der Waals surface area contributed by atoms with Crippen LogP contribution < -0.4 is 11.3 Å². The van der Waals surface area contributed by atoms with Gasteiger partial charge in [-0.2, -0.15) is 0 Å². The van der Waals surface area contributed by atoms with E-state index in [4.69, 9.17) is 5.73 Å². The maximum Gasteiger partial charge on any atom is 0.261 e. The van der Waals surface area contributed by atoms with E-state index in [9.17, 15) is 9.59 Å². The molecule has 0 aromatic carbocycles. The second-order valence-electron chi connectivity index (χ2n) is 6.35. The van der Waals surface area contributed by atoms with E-state index in [0.717, 1.165) is 12.8 Å². The molecule has 26 heavy (non-hydrogen) atoms. The zero-order valence-corrected chi connectivity index (χ0v) is 16.2. The van der Waals surface area contributed by atoms with Crippen molar-refractivity contribution in [2.24, 2.45) is 11.7 Å². The zero-order valence-electron chi connectivity index (χ0n) is 14.6. The fraction of sp³-hybridized carbons (Fsp3) is 0.389. The molecule has 142 valence electrons. The summed E-state index contributed by atoms with van der Waals surface area (Å²) in [6.07, 6.45) is 3.48. The predicted molar refractivity (Wildman–Crippen MR) is 107 cm³/mol. The molecule has 3 N–H and O–H groups in total. The number of carbonyl (C=O) groups is 1. The number of hydrogen-bond donors (Lipinski definition) is 2. The molecular formula is C18H24Cl2N4O2. The molecule has 2 aromatic heterocycles. The molecule has 0 radical (unpaired) electrons. The summed E-state index contributed by atoms with van der Waals surface area (Å²) in [5, 5.41) is 0. The van der Waals surface area contributed by atoms with Crippen LogP contribution in [0.2, 0.25) is 0 Å². The molecule has 3 rings (SSSR count). The van der Waals surface area contributed by atoms with Crippen LogP contribution in [0.5, 0.6) is 0 Å². The number of carbonyl (C=O) groups excluding carboxylic acids is 1. The standard InChI is InChI=1S/C18H22N4O2.2ClH/c1-12-7-9-22(13(10-12)11-19)18(24)14-5-6-16(21-17(14)23)15-4-2-3-8-20-15;;/h2-6,8,12-13H,7,9-11,19H2,1H3,(H,21,23);2*1H. The Morgan fingerprint density at radius 2 is 2.08 bits per heavy atom. The van der Waals surface area contributed by atoms with Gasteiger partial charge in [-0.3, -0.25) is 14.6 Å². The first kappa shape index (κ1) is 22.2. The molecule has 1 aliphatic rings. The van der Waals surface area contributed by atoms with Gasteiger partial charge in [0.25, 0.3) is 11.5 Å². The lowest BCUT2D eigenvalue weighted by Gasteiger charge is -2.37. The normalized spacial score (nSPS) is 19.2. The van der Waals surface area contributed by atoms with Gasteiger partial charge in [0.1, 0.15) is 5.56 Å². The van der Waals surface area contributed by atoms with Gasteiger partial charge < -0.3 is 15.6 Å². The third-order valence-electron chi connectivity index (χ3n) is 4.59. The number of nitrogens with two attached hydrogens (primary N) is 1. The van der Waals surface area contributed by atoms with E-state index in [1.165, 1.54) is 0 Å². The molecule has 1 fully saturated rings. The number of rotatable bonds is 3. The van der Waals surface area contributed by atoms with Gasteiger partial charge in [0.15, 0.2) is 0 Å². The van der Waals surface area contributed by atoms with E-state index in [2.05, 4.69) is 16.9 Å². The molecule has 0 bridgehead atoms. The number of pyridine rings is 2. The average molecular weight is 399 g/mol. The smallest absolute Gasteiger partial charge is 0.261 e. The number of halogens is 2. The molecule has 2 aromatic rings. The van der Waals surface area contributed by atoms with E-state index in [0.29, 0.717) is 30.4 Å². The first-order valence-electron chi connectivity index (χ1n) is 8.26. The van der Waals surface area contributed by atoms with Crippen molar-refractivity contribution < 1.29 is 4.79 Å². The number of nitrogens with zero attached hydrogens (tertiary/aromatic N) is 2. The van der Waals surface area contributed by atoms with Crippen molar-refractivity contribution in [1.29, 1.82) is 0 Å². The summed E-state index contributed by atoms with van der Waals surface area (Å²) in [4.78, 5) is 33.9. The van der Waals surface area contributed by atoms with Crippen molar-refractivity contribution in [1.82, 2.24) is 14.9 Å². The largest absolute Gasteiger partial charge is 0.334 e. The minimum Gasteiger partial charge on any atom is -0.334 e. The van der Waals surface area contributed by atoms with Crippen LogP contribution in [0.15, 0.2) is 41.3 Å². The van der Waals surface area contributed by atoms with Crippen molar-refractivity contribution >= 4 is 30.7 Å². The summed E-state index contributed by atoms with van der Waals surface area (Å²) in [6, 6.07) is 8.77. The van der Waals surface area contributed by atoms with Gasteiger partial charge in [0.2, 0.25) is 0 Å². The third kappa shape index (κ3) is 4.63. The highest BCUT2D eigenvalue weighted by atomic mass is 35.5. The fourth-order valence-electron chi connectivity index (χ4n) is 3.21. The fourth-order valence-corrected chi connectivity index (χ4v) is 3.21. The van der Waals surface area contributed by atoms with Crippen LogP contribution in [0, 0.1) is 5.92 Å². The molecule has 0 aliphatic carbocycles. The lowest BCUT2D eigenvalue weighted by atomic mass is 9.92. The molecule has 1 amide bonds. The lowest BCUT2D eigenvalue weighted by molar-refractivity contribution is 0.0572. The van der Waals surface area contributed by atoms with E-state index in [1.54, 1.807) is 23.2 Å². The van der Waals surface area contributed by atoms with Crippen LogP contribution in [0.4, 0.5) is 0 Å². The van der Waals surface area contributed by atoms with Crippen LogP contribution in [0.1, 0.15) is 30.1 Å². The number of piperidine rings is 1. The number of aromatic nitrogens is 2. The van der Waals surface area contributed by atoms with Crippen LogP contribution in [0.25, 0.3) is 11.4 Å². The van der Waals surface area contributed by atoms with Crippen molar-refractivity contribution in [2.45, 2.75) is 25.8 Å². The summed E-state index contributed by atoms with van der Waals surface area (Å²) in [5.74, 6) is 0.304. The monoisotopic (exact) mass is 398 g/mol. The first-order chi connectivity index (χ1) is 11.6. The molecule has 1 aliphatic heterocycles. The number of H-pyrrole nitrogens is 1. The lowest BCUT2D eigenvalue weighted by Crippen LogP contribution is -2.50. The summed E-state index contributed by atoms with van der Waals surface area (Å²) >= 11 is 0. The van der Waals surface area contributed by atoms with Gasteiger partial charge in [0.05, 0.1) is 11.4 Å². The summed E-state index contributed by atoms with van der Waals surface area (Å²) in [6.45, 7) is 3.22. The quantitative estimate of drug-likeness (QED) is 0.830. The van der Waals surface area contributed by atoms with Crippen LogP contribution >= 0.6 is 24.8 Å². The first-order valence-corrected chi connectivity index (χ1v) is 8.26. The Kier molecular flexibility index (Phi) is 8.27. The van der Waals surface area contributed by atoms with Gasteiger partial charge in [-0.1, -0.05) is 13.0 Å². The van der Waals surface area contributed by atoms with Crippen LogP contribution in [0.3, 0.4) is 0 Å². The van der Waals surface area contributed by atoms with Crippen LogP contribution in [-0.4, -0.2) is 39.9 Å². The molecule has 6 nitrogen and oxygen atoms in total. The summed E-state index contributed by atoms with van der Waals surface area (Å²) in [5.41, 5.74) is 6.85. The Hall–Kier alpha value is -1.89. The molecule has 2 atom stereocenters. The molecule has 0 saturated carbocycles. The second kappa shape index (κ2) is 9.71. The van der Waals surface area contributed by atoms with Crippen molar-refractivity contribution in [3.8, 4) is 11.4 Å². The van der Waals surface area contributed by atoms with Crippen molar-refractivity contribution in [3.05, 3.63) is 52.4 Å². The molecule has 3 heterocycles. The Bertz CT molecular complexity index is 782. The third-order valence-corrected chi connectivity index (χ3v) is 4.59. The molecule has 1 saturated heterocycles. The zero-order chi connectivity index (χ0) is 17.1. The maximum atomic E-state index is 12.8. The molecule has 0 spiro atoms. The second-order valence-corrected chi connectivity index (χ2v) is 6.35. The van der Waals surface area contributed by atoms with Gasteiger partial charge in [0, 0.05) is 25.3 Å². The van der Waals surface area contributed by atoms with Gasteiger partial charge in [-0.25, -0.2) is 0 Å². The van der Waals surface area contributed by atoms with E-state index < -0.39 is 5.56 Å². The van der Waals surface area contributed by atoms with Gasteiger partial charge in [-0.15, -0.1) is 24.8 Å².